The lowest BCUT2D eigenvalue weighted by atomic mass is 9.72. The third-order valence-electron chi connectivity index (χ3n) is 3.59. The van der Waals surface area contributed by atoms with Gasteiger partial charge in [-0.2, -0.15) is 5.26 Å². The van der Waals surface area contributed by atoms with E-state index >= 15 is 0 Å². The first-order valence-corrected chi connectivity index (χ1v) is 7.20. The predicted molar refractivity (Wildman–Crippen MR) is 71.7 cm³/mol. The molecule has 92 valence electrons. The molecule has 2 nitrogen and oxygen atoms in total. The Morgan fingerprint density at radius 2 is 2.18 bits per heavy atom. The molecule has 2 rings (SSSR count). The van der Waals surface area contributed by atoms with Crippen molar-refractivity contribution >= 4 is 11.3 Å². The zero-order chi connectivity index (χ0) is 12.3. The van der Waals surface area contributed by atoms with Crippen molar-refractivity contribution in [3.05, 3.63) is 22.4 Å². The van der Waals surface area contributed by atoms with E-state index in [1.807, 2.05) is 0 Å². The van der Waals surface area contributed by atoms with Gasteiger partial charge in [-0.1, -0.05) is 19.9 Å². The Labute approximate surface area is 108 Å². The molecule has 0 aliphatic heterocycles. The highest BCUT2D eigenvalue weighted by Gasteiger charge is 2.37. The molecule has 0 radical (unpaired) electrons. The number of nitriles is 1. The van der Waals surface area contributed by atoms with Crippen molar-refractivity contribution in [2.24, 2.45) is 11.8 Å². The van der Waals surface area contributed by atoms with Gasteiger partial charge in [-0.3, -0.25) is 5.32 Å². The first-order chi connectivity index (χ1) is 8.13. The fraction of sp³-hybridized carbons (Fsp3) is 0.643. The largest absolute Gasteiger partial charge is 0.294 e. The Hall–Kier alpha value is -0.850. The van der Waals surface area contributed by atoms with E-state index in [-0.39, 0.29) is 5.54 Å². The Morgan fingerprint density at radius 3 is 2.71 bits per heavy atom. The summed E-state index contributed by atoms with van der Waals surface area (Å²) in [6.45, 7) is 5.34. The van der Waals surface area contributed by atoms with Crippen LogP contribution in [0.4, 0.5) is 0 Å². The number of rotatable bonds is 3. The number of nitrogens with one attached hydrogen (secondary N) is 1. The minimum atomic E-state index is -0.304. The van der Waals surface area contributed by atoms with Gasteiger partial charge in [-0.25, -0.2) is 0 Å². The van der Waals surface area contributed by atoms with E-state index in [0.29, 0.717) is 11.8 Å². The number of hydrogen-bond donors (Lipinski definition) is 1. The van der Waals surface area contributed by atoms with Gasteiger partial charge in [0, 0.05) is 11.4 Å². The van der Waals surface area contributed by atoms with Gasteiger partial charge in [-0.15, -0.1) is 11.3 Å². The molecule has 0 amide bonds. The fourth-order valence-corrected chi connectivity index (χ4v) is 3.72. The summed E-state index contributed by atoms with van der Waals surface area (Å²) < 4.78 is 0. The van der Waals surface area contributed by atoms with Crippen molar-refractivity contribution in [3.8, 4) is 6.07 Å². The van der Waals surface area contributed by atoms with Crippen LogP contribution in [0.25, 0.3) is 0 Å². The van der Waals surface area contributed by atoms with Gasteiger partial charge in [0.05, 0.1) is 6.07 Å². The second-order valence-corrected chi connectivity index (χ2v) is 6.51. The highest BCUT2D eigenvalue weighted by molar-refractivity contribution is 7.09. The van der Waals surface area contributed by atoms with Crippen LogP contribution in [0.2, 0.25) is 0 Å². The predicted octanol–water partition coefficient (Wildman–Crippen LogP) is 3.56. The number of thiophene rings is 1. The lowest BCUT2D eigenvalue weighted by Gasteiger charge is -2.38. The molecule has 0 aromatic carbocycles. The Bertz CT molecular complexity index is 381. The van der Waals surface area contributed by atoms with E-state index in [2.05, 4.69) is 42.7 Å². The molecule has 0 saturated heterocycles. The summed E-state index contributed by atoms with van der Waals surface area (Å²) in [5.74, 6) is 1.29. The molecular weight excluding hydrogens is 228 g/mol. The van der Waals surface area contributed by atoms with Crippen molar-refractivity contribution < 1.29 is 0 Å². The van der Waals surface area contributed by atoms with Crippen LogP contribution < -0.4 is 5.32 Å². The lowest BCUT2D eigenvalue weighted by Crippen LogP contribution is -2.48. The quantitative estimate of drug-likeness (QED) is 0.888. The first-order valence-electron chi connectivity index (χ1n) is 6.32. The number of hydrogen-bond acceptors (Lipinski definition) is 3. The maximum atomic E-state index is 9.50. The molecule has 1 N–H and O–H groups in total. The van der Waals surface area contributed by atoms with Gasteiger partial charge in [0.25, 0.3) is 0 Å². The topological polar surface area (TPSA) is 35.8 Å². The summed E-state index contributed by atoms with van der Waals surface area (Å²) in [6, 6.07) is 6.72. The normalized spacial score (nSPS) is 33.2. The van der Waals surface area contributed by atoms with Gasteiger partial charge >= 0.3 is 0 Å². The average Bonchev–Trinajstić information content (AvgIpc) is 2.78. The molecule has 0 spiro atoms. The van der Waals surface area contributed by atoms with Crippen LogP contribution in [0.3, 0.4) is 0 Å². The summed E-state index contributed by atoms with van der Waals surface area (Å²) >= 11 is 1.75. The zero-order valence-electron chi connectivity index (χ0n) is 10.6. The van der Waals surface area contributed by atoms with Crippen LogP contribution in [-0.2, 0) is 6.54 Å². The van der Waals surface area contributed by atoms with Crippen LogP contribution in [0.1, 0.15) is 38.0 Å². The highest BCUT2D eigenvalue weighted by Crippen LogP contribution is 2.35. The smallest absolute Gasteiger partial charge is 0.107 e. The highest BCUT2D eigenvalue weighted by atomic mass is 32.1. The van der Waals surface area contributed by atoms with Crippen molar-refractivity contribution in [2.45, 2.75) is 45.2 Å². The van der Waals surface area contributed by atoms with E-state index < -0.39 is 0 Å². The third kappa shape index (κ3) is 3.08. The van der Waals surface area contributed by atoms with Gasteiger partial charge in [-0.05, 0) is 42.5 Å². The molecule has 1 heterocycles. The van der Waals surface area contributed by atoms with Crippen molar-refractivity contribution in [2.75, 3.05) is 0 Å². The molecule has 1 aromatic heterocycles. The molecule has 2 unspecified atom stereocenters. The SMILES string of the molecule is CC1CC(C)CC(C#N)(NCc2cccs2)C1. The Kier molecular flexibility index (Phi) is 3.86. The zero-order valence-corrected chi connectivity index (χ0v) is 11.4. The molecule has 1 aromatic rings. The summed E-state index contributed by atoms with van der Waals surface area (Å²) in [5, 5.41) is 15.1. The van der Waals surface area contributed by atoms with Gasteiger partial charge < -0.3 is 0 Å². The van der Waals surface area contributed by atoms with Gasteiger partial charge in [0.15, 0.2) is 0 Å². The van der Waals surface area contributed by atoms with Crippen molar-refractivity contribution in [1.82, 2.24) is 5.32 Å². The van der Waals surface area contributed by atoms with Crippen LogP contribution in [-0.4, -0.2) is 5.54 Å². The fourth-order valence-electron chi connectivity index (χ4n) is 3.07. The summed E-state index contributed by atoms with van der Waals surface area (Å²) in [5.41, 5.74) is -0.304. The van der Waals surface area contributed by atoms with Crippen molar-refractivity contribution in [1.29, 1.82) is 5.26 Å². The van der Waals surface area contributed by atoms with E-state index in [1.165, 1.54) is 11.3 Å². The molecule has 1 aliphatic rings. The second kappa shape index (κ2) is 5.20. The second-order valence-electron chi connectivity index (χ2n) is 5.48. The van der Waals surface area contributed by atoms with Crippen LogP contribution in [0, 0.1) is 23.2 Å². The monoisotopic (exact) mass is 248 g/mol. The first kappa shape index (κ1) is 12.6. The lowest BCUT2D eigenvalue weighted by molar-refractivity contribution is 0.188. The van der Waals surface area contributed by atoms with Crippen LogP contribution in [0.5, 0.6) is 0 Å². The summed E-state index contributed by atoms with van der Waals surface area (Å²) in [4.78, 5) is 1.31. The minimum Gasteiger partial charge on any atom is -0.294 e. The molecular formula is C14H20N2S. The van der Waals surface area contributed by atoms with Crippen molar-refractivity contribution in [3.63, 3.8) is 0 Å². The maximum Gasteiger partial charge on any atom is 0.107 e. The molecule has 17 heavy (non-hydrogen) atoms. The molecule has 0 bridgehead atoms. The minimum absolute atomic E-state index is 0.304. The maximum absolute atomic E-state index is 9.50. The molecule has 1 aliphatic carbocycles. The molecule has 3 heteroatoms. The standard InChI is InChI=1S/C14H20N2S/c1-11-6-12(2)8-14(7-11,10-15)16-9-13-4-3-5-17-13/h3-5,11-12,16H,6-9H2,1-2H3. The molecule has 1 fully saturated rings. The van der Waals surface area contributed by atoms with E-state index in [4.69, 9.17) is 0 Å². The third-order valence-corrected chi connectivity index (χ3v) is 4.47. The van der Waals surface area contributed by atoms with Crippen LogP contribution >= 0.6 is 11.3 Å². The number of nitrogens with zero attached hydrogens (tertiary/aromatic N) is 1. The molecule has 2 atom stereocenters. The molecule has 1 saturated carbocycles. The Morgan fingerprint density at radius 1 is 1.47 bits per heavy atom. The summed E-state index contributed by atoms with van der Waals surface area (Å²) in [7, 11) is 0. The van der Waals surface area contributed by atoms with Crippen LogP contribution in [0.15, 0.2) is 17.5 Å². The summed E-state index contributed by atoms with van der Waals surface area (Å²) in [6.07, 6.45) is 3.22. The van der Waals surface area contributed by atoms with E-state index in [9.17, 15) is 5.26 Å². The van der Waals surface area contributed by atoms with E-state index in [0.717, 1.165) is 19.4 Å². The van der Waals surface area contributed by atoms with Gasteiger partial charge in [0.2, 0.25) is 0 Å². The van der Waals surface area contributed by atoms with Gasteiger partial charge in [0.1, 0.15) is 5.54 Å². The van der Waals surface area contributed by atoms with E-state index in [1.54, 1.807) is 11.3 Å². The Balaban J connectivity index is 2.01. The average molecular weight is 248 g/mol.